The number of nitrogens with two attached hydrogens (primary N) is 1. The summed E-state index contributed by atoms with van der Waals surface area (Å²) < 4.78 is 1.86. The zero-order chi connectivity index (χ0) is 12.9. The Hall–Kier alpha value is -1.66. The van der Waals surface area contributed by atoms with Crippen molar-refractivity contribution in [1.29, 1.82) is 0 Å². The van der Waals surface area contributed by atoms with Gasteiger partial charge in [0.2, 0.25) is 5.95 Å². The third kappa shape index (κ3) is 1.65. The summed E-state index contributed by atoms with van der Waals surface area (Å²) in [5.41, 5.74) is 7.67. The molecule has 0 spiro atoms. The first kappa shape index (κ1) is 11.4. The number of rotatable bonds is 1. The van der Waals surface area contributed by atoms with Gasteiger partial charge in [0.05, 0.1) is 18.5 Å². The lowest BCUT2D eigenvalue weighted by molar-refractivity contribution is 0.201. The molecule has 0 aromatic carbocycles. The first-order valence-electron chi connectivity index (χ1n) is 5.58. The van der Waals surface area contributed by atoms with E-state index in [-0.39, 0.29) is 17.1 Å². The van der Waals surface area contributed by atoms with Crippen LogP contribution in [0.4, 0.5) is 5.95 Å². The van der Waals surface area contributed by atoms with Crippen molar-refractivity contribution in [2.45, 2.75) is 25.5 Å². The number of nitrogens with zero attached hydrogens (tertiary/aromatic N) is 4. The molecule has 6 nitrogen and oxygen atoms in total. The molecule has 0 aliphatic heterocycles. The highest BCUT2D eigenvalue weighted by Crippen LogP contribution is 2.31. The highest BCUT2D eigenvalue weighted by Gasteiger charge is 2.25. The molecular formula is C11H12ClN5O. The van der Waals surface area contributed by atoms with Crippen molar-refractivity contribution in [2.24, 2.45) is 0 Å². The zero-order valence-electron chi connectivity index (χ0n) is 9.71. The van der Waals surface area contributed by atoms with Crippen molar-refractivity contribution in [1.82, 2.24) is 19.5 Å². The Labute approximate surface area is 108 Å². The summed E-state index contributed by atoms with van der Waals surface area (Å²) in [5, 5.41) is 10.0. The van der Waals surface area contributed by atoms with Crippen LogP contribution >= 0.6 is 11.6 Å². The van der Waals surface area contributed by atoms with E-state index in [1.54, 1.807) is 6.33 Å². The molecule has 0 saturated carbocycles. The second-order valence-electron chi connectivity index (χ2n) is 4.43. The molecule has 7 heteroatoms. The average molecular weight is 266 g/mol. The molecule has 0 fully saturated rings. The maximum absolute atomic E-state index is 9.76. The van der Waals surface area contributed by atoms with E-state index in [9.17, 15) is 5.11 Å². The largest absolute Gasteiger partial charge is 0.389 e. The molecule has 2 aromatic rings. The molecule has 0 unspecified atom stereocenters. The number of anilines is 1. The average Bonchev–Trinajstić information content (AvgIpc) is 2.83. The summed E-state index contributed by atoms with van der Waals surface area (Å²) in [6.07, 6.45) is 3.84. The van der Waals surface area contributed by atoms with Crippen LogP contribution in [-0.4, -0.2) is 30.7 Å². The number of fused-ring (bicyclic) bond motifs is 1. The van der Waals surface area contributed by atoms with E-state index in [0.717, 1.165) is 5.57 Å². The van der Waals surface area contributed by atoms with Gasteiger partial charge < -0.3 is 15.4 Å². The molecule has 0 bridgehead atoms. The van der Waals surface area contributed by atoms with Crippen LogP contribution < -0.4 is 5.73 Å². The SMILES string of the molecule is CC1=C[C@H](n2cnc3c(Cl)nc(N)nc32)C[C@H]1O. The number of aliphatic hydroxyl groups is 1. The summed E-state index contributed by atoms with van der Waals surface area (Å²) in [4.78, 5) is 12.2. The molecule has 18 heavy (non-hydrogen) atoms. The molecule has 0 amide bonds. The smallest absolute Gasteiger partial charge is 0.223 e. The van der Waals surface area contributed by atoms with E-state index < -0.39 is 6.10 Å². The van der Waals surface area contributed by atoms with Crippen molar-refractivity contribution in [3.05, 3.63) is 23.1 Å². The normalized spacial score (nSPS) is 23.6. The summed E-state index contributed by atoms with van der Waals surface area (Å²) in [6.45, 7) is 1.90. The number of nitrogen functional groups attached to an aromatic ring is 1. The van der Waals surface area contributed by atoms with Crippen LogP contribution in [0.5, 0.6) is 0 Å². The Morgan fingerprint density at radius 3 is 2.94 bits per heavy atom. The molecule has 94 valence electrons. The number of allylic oxidation sites excluding steroid dienone is 1. The third-order valence-corrected chi connectivity index (χ3v) is 3.46. The summed E-state index contributed by atoms with van der Waals surface area (Å²) in [6, 6.07) is 0.0235. The van der Waals surface area contributed by atoms with Gasteiger partial charge in [-0.1, -0.05) is 17.7 Å². The van der Waals surface area contributed by atoms with Gasteiger partial charge in [-0.15, -0.1) is 0 Å². The number of hydrogen-bond acceptors (Lipinski definition) is 5. The van der Waals surface area contributed by atoms with Crippen molar-refractivity contribution < 1.29 is 5.11 Å². The van der Waals surface area contributed by atoms with Crippen LogP contribution in [0.25, 0.3) is 11.2 Å². The Morgan fingerprint density at radius 2 is 2.28 bits per heavy atom. The monoisotopic (exact) mass is 265 g/mol. The van der Waals surface area contributed by atoms with Gasteiger partial charge in [-0.25, -0.2) is 4.98 Å². The lowest BCUT2D eigenvalue weighted by Gasteiger charge is -2.11. The van der Waals surface area contributed by atoms with Crippen LogP contribution in [0, 0.1) is 0 Å². The quantitative estimate of drug-likeness (QED) is 0.599. The van der Waals surface area contributed by atoms with Crippen LogP contribution in [0.2, 0.25) is 5.15 Å². The van der Waals surface area contributed by atoms with Crippen molar-refractivity contribution in [3.8, 4) is 0 Å². The summed E-state index contributed by atoms with van der Waals surface area (Å²) in [7, 11) is 0. The highest BCUT2D eigenvalue weighted by molar-refractivity contribution is 6.33. The fourth-order valence-electron chi connectivity index (χ4n) is 2.23. The van der Waals surface area contributed by atoms with Gasteiger partial charge in [0.15, 0.2) is 10.8 Å². The molecule has 1 aliphatic rings. The third-order valence-electron chi connectivity index (χ3n) is 3.20. The van der Waals surface area contributed by atoms with Gasteiger partial charge in [-0.05, 0) is 12.5 Å². The second-order valence-corrected chi connectivity index (χ2v) is 4.78. The maximum atomic E-state index is 9.76. The molecule has 0 radical (unpaired) electrons. The van der Waals surface area contributed by atoms with Gasteiger partial charge >= 0.3 is 0 Å². The molecule has 2 aromatic heterocycles. The minimum absolute atomic E-state index is 0.0235. The molecular weight excluding hydrogens is 254 g/mol. The number of halogens is 1. The number of hydrogen-bond donors (Lipinski definition) is 2. The van der Waals surface area contributed by atoms with Gasteiger partial charge in [0, 0.05) is 6.42 Å². The molecule has 3 N–H and O–H groups in total. The van der Waals surface area contributed by atoms with Gasteiger partial charge in [0.25, 0.3) is 0 Å². The predicted molar refractivity (Wildman–Crippen MR) is 68.2 cm³/mol. The Morgan fingerprint density at radius 1 is 1.50 bits per heavy atom. The van der Waals surface area contributed by atoms with E-state index in [0.29, 0.717) is 17.6 Å². The van der Waals surface area contributed by atoms with Crippen LogP contribution in [0.1, 0.15) is 19.4 Å². The Kier molecular flexibility index (Phi) is 2.49. The van der Waals surface area contributed by atoms with E-state index in [2.05, 4.69) is 15.0 Å². The highest BCUT2D eigenvalue weighted by atomic mass is 35.5. The fourth-order valence-corrected chi connectivity index (χ4v) is 2.45. The minimum Gasteiger partial charge on any atom is -0.389 e. The van der Waals surface area contributed by atoms with Crippen molar-refractivity contribution in [3.63, 3.8) is 0 Å². The maximum Gasteiger partial charge on any atom is 0.223 e. The lowest BCUT2D eigenvalue weighted by Crippen LogP contribution is -2.09. The van der Waals surface area contributed by atoms with E-state index in [1.165, 1.54) is 0 Å². The molecule has 2 atom stereocenters. The van der Waals surface area contributed by atoms with Gasteiger partial charge in [-0.2, -0.15) is 9.97 Å². The van der Waals surface area contributed by atoms with Crippen LogP contribution in [0.15, 0.2) is 18.0 Å². The Balaban J connectivity index is 2.14. The molecule has 0 saturated heterocycles. The summed E-state index contributed by atoms with van der Waals surface area (Å²) in [5.74, 6) is 0.119. The molecule has 1 aliphatic carbocycles. The second kappa shape index (κ2) is 3.93. The molecule has 3 rings (SSSR count). The predicted octanol–water partition coefficient (Wildman–Crippen LogP) is 1.31. The standard InChI is InChI=1S/C11H12ClN5O/c1-5-2-6(3-7(5)18)17-4-14-8-9(12)15-11(13)16-10(8)17/h2,4,6-7,18H,3H2,1H3,(H2,13,15,16)/t6-,7+/m0/s1. The van der Waals surface area contributed by atoms with E-state index in [4.69, 9.17) is 17.3 Å². The Bertz CT molecular complexity index is 650. The first-order valence-corrected chi connectivity index (χ1v) is 5.96. The molecule has 2 heterocycles. The van der Waals surface area contributed by atoms with Crippen molar-refractivity contribution >= 4 is 28.7 Å². The van der Waals surface area contributed by atoms with E-state index >= 15 is 0 Å². The summed E-state index contributed by atoms with van der Waals surface area (Å²) >= 11 is 5.97. The minimum atomic E-state index is -0.415. The van der Waals surface area contributed by atoms with Gasteiger partial charge in [0.1, 0.15) is 5.52 Å². The van der Waals surface area contributed by atoms with Gasteiger partial charge in [-0.3, -0.25) is 0 Å². The van der Waals surface area contributed by atoms with Crippen LogP contribution in [-0.2, 0) is 0 Å². The first-order chi connectivity index (χ1) is 8.56. The lowest BCUT2D eigenvalue weighted by atomic mass is 10.2. The number of aromatic nitrogens is 4. The van der Waals surface area contributed by atoms with E-state index in [1.807, 2.05) is 17.6 Å². The van der Waals surface area contributed by atoms with Crippen molar-refractivity contribution in [2.75, 3.05) is 5.73 Å². The fraction of sp³-hybridized carbons (Fsp3) is 0.364. The topological polar surface area (TPSA) is 89.9 Å². The number of aliphatic hydroxyl groups excluding tert-OH is 1. The number of imidazole rings is 1. The van der Waals surface area contributed by atoms with Crippen LogP contribution in [0.3, 0.4) is 0 Å². The zero-order valence-corrected chi connectivity index (χ0v) is 10.5.